The average Bonchev–Trinajstić information content (AvgIpc) is 3.38. The molecule has 11 heteroatoms. The van der Waals surface area contributed by atoms with Gasteiger partial charge in [0.1, 0.15) is 10.7 Å². The normalized spacial score (nSPS) is 14.7. The topological polar surface area (TPSA) is 131 Å². The lowest BCUT2D eigenvalue weighted by atomic mass is 10.3. The number of ether oxygens (including phenoxy) is 1. The summed E-state index contributed by atoms with van der Waals surface area (Å²) < 4.78 is 7.03. The predicted molar refractivity (Wildman–Crippen MR) is 112 cm³/mol. The number of aromatic amines is 1. The quantitative estimate of drug-likeness (QED) is 0.570. The van der Waals surface area contributed by atoms with Gasteiger partial charge >= 0.3 is 0 Å². The van der Waals surface area contributed by atoms with Crippen LogP contribution in [0, 0.1) is 0 Å². The molecule has 0 atom stereocenters. The van der Waals surface area contributed by atoms with Gasteiger partial charge in [-0.25, -0.2) is 4.98 Å². The number of imidazole rings is 1. The van der Waals surface area contributed by atoms with Crippen LogP contribution in [0.2, 0.25) is 0 Å². The molecule has 0 saturated carbocycles. The molecular weight excluding hydrogens is 406 g/mol. The summed E-state index contributed by atoms with van der Waals surface area (Å²) in [5.41, 5.74) is 7.40. The van der Waals surface area contributed by atoms with Crippen molar-refractivity contribution in [1.82, 2.24) is 24.8 Å². The van der Waals surface area contributed by atoms with Crippen molar-refractivity contribution in [2.24, 2.45) is 4.99 Å². The zero-order valence-electron chi connectivity index (χ0n) is 16.3. The molecule has 1 saturated heterocycles. The third kappa shape index (κ3) is 3.72. The van der Waals surface area contributed by atoms with E-state index in [4.69, 9.17) is 10.5 Å². The zero-order valence-corrected chi connectivity index (χ0v) is 17.1. The number of nitrogens with one attached hydrogen (secondary N) is 2. The van der Waals surface area contributed by atoms with E-state index in [9.17, 15) is 9.59 Å². The van der Waals surface area contributed by atoms with Crippen LogP contribution in [-0.2, 0) is 4.74 Å². The standard InChI is InChI=1S/C19H21N7O3S/c1-21-17(27)13-16(23-11-22-13)24-19-26(12-5-3-2-4-6-12)15(20)14(30-19)18(28)25-7-9-29-10-8-25/h2-6,11H,7-10,20H2,1H3,(H,21,27)(H,22,23)/b24-19-. The molecule has 0 aliphatic carbocycles. The number of amides is 2. The minimum absolute atomic E-state index is 0.166. The molecule has 4 N–H and O–H groups in total. The number of thiazole rings is 1. The minimum Gasteiger partial charge on any atom is -0.383 e. The fraction of sp³-hybridized carbons (Fsp3) is 0.263. The lowest BCUT2D eigenvalue weighted by Crippen LogP contribution is -2.40. The van der Waals surface area contributed by atoms with Gasteiger partial charge in [0.2, 0.25) is 0 Å². The first-order valence-electron chi connectivity index (χ1n) is 9.34. The number of nitrogen functional groups attached to an aromatic ring is 1. The molecule has 1 fully saturated rings. The van der Waals surface area contributed by atoms with Crippen LogP contribution in [0.15, 0.2) is 41.7 Å². The van der Waals surface area contributed by atoms with Gasteiger partial charge in [-0.1, -0.05) is 29.5 Å². The molecule has 2 amide bonds. The van der Waals surface area contributed by atoms with Crippen molar-refractivity contribution in [1.29, 1.82) is 0 Å². The number of benzene rings is 1. The van der Waals surface area contributed by atoms with Gasteiger partial charge in [-0.05, 0) is 12.1 Å². The number of rotatable bonds is 4. The highest BCUT2D eigenvalue weighted by molar-refractivity contribution is 7.12. The van der Waals surface area contributed by atoms with E-state index in [0.717, 1.165) is 17.0 Å². The van der Waals surface area contributed by atoms with Crippen molar-refractivity contribution < 1.29 is 14.3 Å². The lowest BCUT2D eigenvalue weighted by Gasteiger charge is -2.26. The van der Waals surface area contributed by atoms with Gasteiger partial charge in [-0.2, -0.15) is 4.99 Å². The Morgan fingerprint density at radius 3 is 2.70 bits per heavy atom. The number of H-pyrrole nitrogens is 1. The van der Waals surface area contributed by atoms with E-state index in [2.05, 4.69) is 20.3 Å². The Morgan fingerprint density at radius 2 is 2.00 bits per heavy atom. The minimum atomic E-state index is -0.341. The molecule has 1 aliphatic heterocycles. The van der Waals surface area contributed by atoms with Crippen LogP contribution in [0.4, 0.5) is 11.6 Å². The largest absolute Gasteiger partial charge is 0.383 e. The first-order chi connectivity index (χ1) is 14.6. The first kappa shape index (κ1) is 19.9. The number of carbonyl (C=O) groups excluding carboxylic acids is 2. The van der Waals surface area contributed by atoms with Crippen molar-refractivity contribution in [3.63, 3.8) is 0 Å². The maximum absolute atomic E-state index is 13.1. The summed E-state index contributed by atoms with van der Waals surface area (Å²) in [7, 11) is 1.53. The summed E-state index contributed by atoms with van der Waals surface area (Å²) in [4.78, 5) is 39.2. The molecule has 1 aliphatic rings. The maximum atomic E-state index is 13.1. The summed E-state index contributed by atoms with van der Waals surface area (Å²) in [6.07, 6.45) is 1.40. The van der Waals surface area contributed by atoms with Crippen LogP contribution in [0.1, 0.15) is 20.2 Å². The third-order valence-electron chi connectivity index (χ3n) is 4.64. The highest BCUT2D eigenvalue weighted by atomic mass is 32.1. The van der Waals surface area contributed by atoms with E-state index in [1.165, 1.54) is 13.4 Å². The Balaban J connectivity index is 1.86. The van der Waals surface area contributed by atoms with Crippen LogP contribution in [0.25, 0.3) is 5.69 Å². The molecular formula is C19H21N7O3S. The number of carbonyl (C=O) groups is 2. The Morgan fingerprint density at radius 1 is 1.27 bits per heavy atom. The monoisotopic (exact) mass is 427 g/mol. The predicted octanol–water partition coefficient (Wildman–Crippen LogP) is 0.909. The Bertz CT molecular complexity index is 1130. The summed E-state index contributed by atoms with van der Waals surface area (Å²) in [6.45, 7) is 2.01. The van der Waals surface area contributed by atoms with Gasteiger partial charge in [0.25, 0.3) is 11.8 Å². The fourth-order valence-electron chi connectivity index (χ4n) is 3.11. The van der Waals surface area contributed by atoms with Crippen molar-refractivity contribution in [2.75, 3.05) is 39.1 Å². The van der Waals surface area contributed by atoms with E-state index in [1.54, 1.807) is 9.47 Å². The van der Waals surface area contributed by atoms with Crippen LogP contribution in [0.5, 0.6) is 0 Å². The van der Waals surface area contributed by atoms with Crippen molar-refractivity contribution in [3.05, 3.63) is 52.0 Å². The maximum Gasteiger partial charge on any atom is 0.271 e. The highest BCUT2D eigenvalue weighted by Crippen LogP contribution is 2.23. The molecule has 0 bridgehead atoms. The van der Waals surface area contributed by atoms with Crippen LogP contribution < -0.4 is 15.9 Å². The van der Waals surface area contributed by atoms with Crippen LogP contribution in [0.3, 0.4) is 0 Å². The number of aromatic nitrogens is 3. The number of morpholine rings is 1. The van der Waals surface area contributed by atoms with Gasteiger partial charge < -0.3 is 25.7 Å². The third-order valence-corrected chi connectivity index (χ3v) is 5.68. The second-order valence-corrected chi connectivity index (χ2v) is 7.44. The molecule has 0 spiro atoms. The Kier molecular flexibility index (Phi) is 5.63. The molecule has 0 unspecified atom stereocenters. The molecule has 2 aromatic heterocycles. The van der Waals surface area contributed by atoms with Gasteiger partial charge in [-0.15, -0.1) is 0 Å². The van der Waals surface area contributed by atoms with Gasteiger partial charge in [0, 0.05) is 25.8 Å². The van der Waals surface area contributed by atoms with Crippen molar-refractivity contribution >= 4 is 34.8 Å². The SMILES string of the molecule is CNC(=O)c1[nH]cnc1/N=c1\sc(C(=O)N2CCOCC2)c(N)n1-c1ccccc1. The van der Waals surface area contributed by atoms with E-state index in [1.807, 2.05) is 30.3 Å². The molecule has 4 rings (SSSR count). The van der Waals surface area contributed by atoms with E-state index in [0.29, 0.717) is 41.8 Å². The summed E-state index contributed by atoms with van der Waals surface area (Å²) in [5.74, 6) is -0.00346. The molecule has 3 heterocycles. The molecule has 30 heavy (non-hydrogen) atoms. The molecule has 156 valence electrons. The number of nitrogens with zero attached hydrogens (tertiary/aromatic N) is 4. The van der Waals surface area contributed by atoms with E-state index in [-0.39, 0.29) is 23.3 Å². The van der Waals surface area contributed by atoms with Crippen molar-refractivity contribution in [2.45, 2.75) is 0 Å². The number of hydrogen-bond donors (Lipinski definition) is 3. The second kappa shape index (κ2) is 8.51. The first-order valence-corrected chi connectivity index (χ1v) is 10.2. The summed E-state index contributed by atoms with van der Waals surface area (Å²) in [5, 5.41) is 2.55. The highest BCUT2D eigenvalue weighted by Gasteiger charge is 2.25. The summed E-state index contributed by atoms with van der Waals surface area (Å²) >= 11 is 1.16. The lowest BCUT2D eigenvalue weighted by molar-refractivity contribution is 0.0306. The van der Waals surface area contributed by atoms with E-state index >= 15 is 0 Å². The van der Waals surface area contributed by atoms with Crippen molar-refractivity contribution in [3.8, 4) is 5.69 Å². The van der Waals surface area contributed by atoms with Gasteiger partial charge in [0.05, 0.1) is 19.5 Å². The molecule has 1 aromatic carbocycles. The average molecular weight is 427 g/mol. The van der Waals surface area contributed by atoms with Crippen LogP contribution in [-0.4, -0.2) is 64.6 Å². The second-order valence-electron chi connectivity index (χ2n) is 6.47. The smallest absolute Gasteiger partial charge is 0.271 e. The summed E-state index contributed by atoms with van der Waals surface area (Å²) in [6, 6.07) is 9.37. The van der Waals surface area contributed by atoms with Gasteiger partial charge in [0.15, 0.2) is 16.3 Å². The Labute approximate surface area is 176 Å². The number of nitrogens with two attached hydrogens (primary N) is 1. The zero-order chi connectivity index (χ0) is 21.1. The molecule has 10 nitrogen and oxygen atoms in total. The van der Waals surface area contributed by atoms with E-state index < -0.39 is 0 Å². The Hall–Kier alpha value is -3.44. The molecule has 0 radical (unpaired) electrons. The van der Waals surface area contributed by atoms with Crippen LogP contribution >= 0.6 is 11.3 Å². The molecule has 3 aromatic rings. The number of anilines is 1. The fourth-order valence-corrected chi connectivity index (χ4v) is 4.13. The number of para-hydroxylation sites is 1. The van der Waals surface area contributed by atoms with Gasteiger partial charge in [-0.3, -0.25) is 14.2 Å². The number of hydrogen-bond acceptors (Lipinski definition) is 7.